The van der Waals surface area contributed by atoms with Crippen molar-refractivity contribution in [1.82, 2.24) is 0 Å². The van der Waals surface area contributed by atoms with Gasteiger partial charge >= 0.3 is 5.97 Å². The van der Waals surface area contributed by atoms with Crippen molar-refractivity contribution < 1.29 is 9.53 Å². The Kier molecular flexibility index (Phi) is 7.28. The van der Waals surface area contributed by atoms with Crippen LogP contribution in [0.1, 0.15) is 59.3 Å². The summed E-state index contributed by atoms with van der Waals surface area (Å²) in [5, 5.41) is 0.968. The zero-order valence-electron chi connectivity index (χ0n) is 12.0. The van der Waals surface area contributed by atoms with E-state index in [1.165, 1.54) is 12.8 Å². The van der Waals surface area contributed by atoms with E-state index in [1.807, 2.05) is 0 Å². The molecule has 0 heterocycles. The van der Waals surface area contributed by atoms with Crippen molar-refractivity contribution in [2.45, 2.75) is 65.4 Å². The molecule has 0 aliphatic heterocycles. The number of hydrogen-bond acceptors (Lipinski definition) is 2. The maximum atomic E-state index is 11.8. The number of carbonyl (C=O) groups excluding carboxylic acids is 1. The minimum atomic E-state index is 0.000648. The molecule has 1 aliphatic carbocycles. The first-order chi connectivity index (χ1) is 8.54. The van der Waals surface area contributed by atoms with Gasteiger partial charge in [-0.15, -0.1) is 0 Å². The molecule has 0 N–H and O–H groups in total. The maximum absolute atomic E-state index is 11.8. The normalized spacial score (nSPS) is 28.4. The summed E-state index contributed by atoms with van der Waals surface area (Å²) in [6, 6.07) is 0. The lowest BCUT2D eigenvalue weighted by atomic mass is 9.75. The molecule has 0 aromatic carbocycles. The predicted octanol–water partition coefficient (Wildman–Crippen LogP) is 4.56. The van der Waals surface area contributed by atoms with Gasteiger partial charge in [0.05, 0.1) is 0 Å². The van der Waals surface area contributed by atoms with Gasteiger partial charge in [-0.3, -0.25) is 4.79 Å². The van der Waals surface area contributed by atoms with Gasteiger partial charge < -0.3 is 4.74 Å². The van der Waals surface area contributed by atoms with Crippen LogP contribution < -0.4 is 0 Å². The SMILES string of the molecule is CC(C)[C@@H]1CC[C@@H](C)C[C@H]1OC(=O)CCCCBr. The monoisotopic (exact) mass is 318 g/mol. The van der Waals surface area contributed by atoms with E-state index in [0.29, 0.717) is 24.2 Å². The minimum Gasteiger partial charge on any atom is -0.462 e. The molecule has 2 nitrogen and oxygen atoms in total. The Bertz CT molecular complexity index is 253. The van der Waals surface area contributed by atoms with Crippen molar-refractivity contribution in [3.63, 3.8) is 0 Å². The Morgan fingerprint density at radius 2 is 2.06 bits per heavy atom. The Morgan fingerprint density at radius 3 is 2.67 bits per heavy atom. The van der Waals surface area contributed by atoms with Crippen molar-refractivity contribution in [1.29, 1.82) is 0 Å². The fourth-order valence-electron chi connectivity index (χ4n) is 2.84. The molecule has 0 amide bonds. The number of rotatable bonds is 6. The lowest BCUT2D eigenvalue weighted by molar-refractivity contribution is -0.156. The first-order valence-electron chi connectivity index (χ1n) is 7.30. The summed E-state index contributed by atoms with van der Waals surface area (Å²) in [7, 11) is 0. The van der Waals surface area contributed by atoms with Crippen LogP contribution in [0.15, 0.2) is 0 Å². The van der Waals surface area contributed by atoms with E-state index in [1.54, 1.807) is 0 Å². The van der Waals surface area contributed by atoms with Gasteiger partial charge in [-0.25, -0.2) is 0 Å². The zero-order valence-corrected chi connectivity index (χ0v) is 13.5. The highest BCUT2D eigenvalue weighted by atomic mass is 79.9. The minimum absolute atomic E-state index is 0.000648. The second kappa shape index (κ2) is 8.19. The third-order valence-corrected chi connectivity index (χ3v) is 4.57. The van der Waals surface area contributed by atoms with Gasteiger partial charge in [-0.2, -0.15) is 0 Å². The molecule has 3 atom stereocenters. The summed E-state index contributed by atoms with van der Waals surface area (Å²) in [5.74, 6) is 1.86. The van der Waals surface area contributed by atoms with Crippen LogP contribution in [0.4, 0.5) is 0 Å². The number of halogens is 1. The second-order valence-electron chi connectivity index (χ2n) is 6.00. The van der Waals surface area contributed by atoms with E-state index >= 15 is 0 Å². The maximum Gasteiger partial charge on any atom is 0.306 e. The summed E-state index contributed by atoms with van der Waals surface area (Å²) >= 11 is 3.38. The molecule has 0 aromatic heterocycles. The largest absolute Gasteiger partial charge is 0.462 e. The highest BCUT2D eigenvalue weighted by molar-refractivity contribution is 9.09. The van der Waals surface area contributed by atoms with E-state index in [0.717, 1.165) is 24.6 Å². The van der Waals surface area contributed by atoms with Crippen LogP contribution in [0, 0.1) is 17.8 Å². The fourth-order valence-corrected chi connectivity index (χ4v) is 3.24. The number of hydrogen-bond donors (Lipinski definition) is 0. The lowest BCUT2D eigenvalue weighted by Crippen LogP contribution is -2.35. The Morgan fingerprint density at radius 1 is 1.33 bits per heavy atom. The van der Waals surface area contributed by atoms with Gasteiger partial charge in [-0.05, 0) is 43.4 Å². The van der Waals surface area contributed by atoms with Crippen LogP contribution in [0.3, 0.4) is 0 Å². The summed E-state index contributed by atoms with van der Waals surface area (Å²) < 4.78 is 5.73. The fraction of sp³-hybridized carbons (Fsp3) is 0.933. The Balaban J connectivity index is 2.42. The molecule has 106 valence electrons. The average molecular weight is 319 g/mol. The van der Waals surface area contributed by atoms with E-state index in [4.69, 9.17) is 4.74 Å². The molecule has 18 heavy (non-hydrogen) atoms. The number of esters is 1. The lowest BCUT2D eigenvalue weighted by Gasteiger charge is -2.36. The van der Waals surface area contributed by atoms with Crippen molar-refractivity contribution in [3.8, 4) is 0 Å². The van der Waals surface area contributed by atoms with Gasteiger partial charge in [0, 0.05) is 11.8 Å². The van der Waals surface area contributed by atoms with Gasteiger partial charge in [0.15, 0.2) is 0 Å². The van der Waals surface area contributed by atoms with Crippen molar-refractivity contribution in [2.24, 2.45) is 17.8 Å². The van der Waals surface area contributed by atoms with Gasteiger partial charge in [-0.1, -0.05) is 43.1 Å². The van der Waals surface area contributed by atoms with Crippen molar-refractivity contribution in [2.75, 3.05) is 5.33 Å². The summed E-state index contributed by atoms with van der Waals surface area (Å²) in [6.45, 7) is 6.75. The molecule has 0 spiro atoms. The standard InChI is InChI=1S/C15H27BrO2/c1-11(2)13-8-7-12(3)10-14(13)18-15(17)6-4-5-9-16/h11-14H,4-10H2,1-3H3/t12-,13+,14-/m1/s1. The predicted molar refractivity (Wildman–Crippen MR) is 78.9 cm³/mol. The molecule has 1 saturated carbocycles. The smallest absolute Gasteiger partial charge is 0.306 e. The van der Waals surface area contributed by atoms with Crippen LogP contribution in [0.25, 0.3) is 0 Å². The molecule has 3 heteroatoms. The van der Waals surface area contributed by atoms with E-state index in [-0.39, 0.29) is 12.1 Å². The molecule has 1 rings (SSSR count). The highest BCUT2D eigenvalue weighted by Crippen LogP contribution is 2.35. The second-order valence-corrected chi connectivity index (χ2v) is 6.79. The molecular weight excluding hydrogens is 292 g/mol. The van der Waals surface area contributed by atoms with Gasteiger partial charge in [0.2, 0.25) is 0 Å². The number of unbranched alkanes of at least 4 members (excludes halogenated alkanes) is 1. The summed E-state index contributed by atoms with van der Waals surface area (Å²) in [5.41, 5.74) is 0. The zero-order chi connectivity index (χ0) is 13.5. The van der Waals surface area contributed by atoms with Crippen molar-refractivity contribution in [3.05, 3.63) is 0 Å². The quantitative estimate of drug-likeness (QED) is 0.408. The van der Waals surface area contributed by atoms with Crippen LogP contribution in [0.2, 0.25) is 0 Å². The van der Waals surface area contributed by atoms with Crippen LogP contribution in [-0.2, 0) is 9.53 Å². The number of ether oxygens (including phenoxy) is 1. The highest BCUT2D eigenvalue weighted by Gasteiger charge is 2.33. The Hall–Kier alpha value is -0.0500. The molecule has 0 unspecified atom stereocenters. The van der Waals surface area contributed by atoms with Crippen LogP contribution in [0.5, 0.6) is 0 Å². The molecule has 0 bridgehead atoms. The average Bonchev–Trinajstić information content (AvgIpc) is 2.29. The molecule has 0 aromatic rings. The molecule has 1 fully saturated rings. The first-order valence-corrected chi connectivity index (χ1v) is 8.42. The van der Waals surface area contributed by atoms with E-state index < -0.39 is 0 Å². The molecule has 0 saturated heterocycles. The molecule has 1 aliphatic rings. The number of alkyl halides is 1. The van der Waals surface area contributed by atoms with E-state index in [9.17, 15) is 4.79 Å². The summed E-state index contributed by atoms with van der Waals surface area (Å²) in [6.07, 6.45) is 6.24. The van der Waals surface area contributed by atoms with Crippen molar-refractivity contribution >= 4 is 21.9 Å². The topological polar surface area (TPSA) is 26.3 Å². The summed E-state index contributed by atoms with van der Waals surface area (Å²) in [4.78, 5) is 11.8. The third kappa shape index (κ3) is 5.29. The molecule has 0 radical (unpaired) electrons. The Labute approximate surface area is 120 Å². The van der Waals surface area contributed by atoms with Gasteiger partial charge in [0.1, 0.15) is 6.10 Å². The molecular formula is C15H27BrO2. The van der Waals surface area contributed by atoms with Crippen LogP contribution in [-0.4, -0.2) is 17.4 Å². The van der Waals surface area contributed by atoms with Crippen LogP contribution >= 0.6 is 15.9 Å². The number of carbonyl (C=O) groups is 1. The first kappa shape index (κ1) is 16.0. The van der Waals surface area contributed by atoms with Gasteiger partial charge in [0.25, 0.3) is 0 Å². The van der Waals surface area contributed by atoms with E-state index in [2.05, 4.69) is 36.7 Å². The third-order valence-electron chi connectivity index (χ3n) is 4.01.